The number of rotatable bonds is 3. The molecule has 13 heavy (non-hydrogen) atoms. The second-order valence-corrected chi connectivity index (χ2v) is 3.25. The highest BCUT2D eigenvalue weighted by Gasteiger charge is 2.04. The molecule has 1 rings (SSSR count). The lowest BCUT2D eigenvalue weighted by molar-refractivity contribution is 0.437. The molecule has 72 valence electrons. The number of benzene rings is 1. The molecule has 0 aliphatic heterocycles. The van der Waals surface area contributed by atoms with Gasteiger partial charge in [0.25, 0.3) is 0 Å². The molecule has 2 nitrogen and oxygen atoms in total. The number of nitrogens with zero attached hydrogens (tertiary/aromatic N) is 1. The molecule has 0 aliphatic carbocycles. The van der Waals surface area contributed by atoms with E-state index < -0.39 is 12.7 Å². The standard InChI is InChI=1S/C10H15FN2/c1-13(2)9-5-3-8(4-6-9)10(12)7-11/h3-6,10H,7,12H2,1-2H3. The third-order valence-electron chi connectivity index (χ3n) is 2.00. The van der Waals surface area contributed by atoms with Crippen molar-refractivity contribution in [3.8, 4) is 0 Å². The number of anilines is 1. The Morgan fingerprint density at radius 1 is 1.31 bits per heavy atom. The average Bonchev–Trinajstić information content (AvgIpc) is 2.17. The Bertz CT molecular complexity index is 256. The number of hydrogen-bond donors (Lipinski definition) is 1. The van der Waals surface area contributed by atoms with E-state index in [9.17, 15) is 4.39 Å². The Labute approximate surface area is 78.2 Å². The minimum atomic E-state index is -0.513. The lowest BCUT2D eigenvalue weighted by Crippen LogP contribution is -2.13. The van der Waals surface area contributed by atoms with Gasteiger partial charge in [-0.25, -0.2) is 4.39 Å². The van der Waals surface area contributed by atoms with E-state index in [2.05, 4.69) is 0 Å². The van der Waals surface area contributed by atoms with Crippen LogP contribution < -0.4 is 10.6 Å². The molecule has 0 amide bonds. The van der Waals surface area contributed by atoms with Gasteiger partial charge in [-0.15, -0.1) is 0 Å². The maximum atomic E-state index is 12.2. The van der Waals surface area contributed by atoms with Gasteiger partial charge in [0.05, 0.1) is 6.04 Å². The van der Waals surface area contributed by atoms with Gasteiger partial charge in [0.1, 0.15) is 6.67 Å². The lowest BCUT2D eigenvalue weighted by Gasteiger charge is -2.14. The van der Waals surface area contributed by atoms with Crippen molar-refractivity contribution in [1.29, 1.82) is 0 Å². The van der Waals surface area contributed by atoms with E-state index in [-0.39, 0.29) is 0 Å². The van der Waals surface area contributed by atoms with Crippen molar-refractivity contribution in [1.82, 2.24) is 0 Å². The summed E-state index contributed by atoms with van der Waals surface area (Å²) < 4.78 is 12.2. The predicted molar refractivity (Wildman–Crippen MR) is 53.7 cm³/mol. The fourth-order valence-electron chi connectivity index (χ4n) is 1.11. The molecule has 3 heteroatoms. The molecule has 0 bridgehead atoms. The maximum Gasteiger partial charge on any atom is 0.109 e. The van der Waals surface area contributed by atoms with Crippen molar-refractivity contribution in [2.24, 2.45) is 5.73 Å². The van der Waals surface area contributed by atoms with Crippen LogP contribution in [0.3, 0.4) is 0 Å². The van der Waals surface area contributed by atoms with E-state index in [1.54, 1.807) is 0 Å². The monoisotopic (exact) mass is 182 g/mol. The van der Waals surface area contributed by atoms with Crippen LogP contribution in [0, 0.1) is 0 Å². The zero-order valence-corrected chi connectivity index (χ0v) is 8.00. The van der Waals surface area contributed by atoms with E-state index in [4.69, 9.17) is 5.73 Å². The third-order valence-corrected chi connectivity index (χ3v) is 2.00. The quantitative estimate of drug-likeness (QED) is 0.771. The van der Waals surface area contributed by atoms with E-state index in [1.165, 1.54) is 0 Å². The molecule has 0 aromatic heterocycles. The summed E-state index contributed by atoms with van der Waals surface area (Å²) in [5.74, 6) is 0. The van der Waals surface area contributed by atoms with Crippen LogP contribution in [0.4, 0.5) is 10.1 Å². The molecule has 1 aromatic rings. The van der Waals surface area contributed by atoms with Gasteiger partial charge in [-0.2, -0.15) is 0 Å². The third kappa shape index (κ3) is 2.42. The van der Waals surface area contributed by atoms with Crippen molar-refractivity contribution in [2.75, 3.05) is 25.7 Å². The fourth-order valence-corrected chi connectivity index (χ4v) is 1.11. The van der Waals surface area contributed by atoms with Crippen LogP contribution in [-0.4, -0.2) is 20.8 Å². The Hall–Kier alpha value is -1.09. The summed E-state index contributed by atoms with van der Waals surface area (Å²) in [6.45, 7) is -0.513. The number of halogens is 1. The number of alkyl halides is 1. The Kier molecular flexibility index (Phi) is 3.25. The zero-order chi connectivity index (χ0) is 9.84. The molecule has 1 unspecified atom stereocenters. The van der Waals surface area contributed by atoms with Gasteiger partial charge in [-0.3, -0.25) is 0 Å². The molecule has 0 fully saturated rings. The smallest absolute Gasteiger partial charge is 0.109 e. The van der Waals surface area contributed by atoms with Crippen molar-refractivity contribution >= 4 is 5.69 Å². The van der Waals surface area contributed by atoms with Gasteiger partial charge in [0.15, 0.2) is 0 Å². The molecule has 0 radical (unpaired) electrons. The summed E-state index contributed by atoms with van der Waals surface area (Å²) in [6, 6.07) is 7.10. The first-order valence-electron chi connectivity index (χ1n) is 4.24. The Morgan fingerprint density at radius 3 is 2.23 bits per heavy atom. The van der Waals surface area contributed by atoms with Crippen LogP contribution in [0.25, 0.3) is 0 Å². The lowest BCUT2D eigenvalue weighted by atomic mass is 10.1. The van der Waals surface area contributed by atoms with Crippen molar-refractivity contribution < 1.29 is 4.39 Å². The first-order chi connectivity index (χ1) is 6.15. The highest BCUT2D eigenvalue weighted by Crippen LogP contribution is 2.16. The highest BCUT2D eigenvalue weighted by molar-refractivity contribution is 5.46. The van der Waals surface area contributed by atoms with Crippen LogP contribution >= 0.6 is 0 Å². The van der Waals surface area contributed by atoms with Gasteiger partial charge < -0.3 is 10.6 Å². The molecule has 0 aliphatic rings. The first kappa shape index (κ1) is 9.99. The molecule has 0 saturated heterocycles. The van der Waals surface area contributed by atoms with Crippen LogP contribution in [0.5, 0.6) is 0 Å². The average molecular weight is 182 g/mol. The molecule has 2 N–H and O–H groups in total. The summed E-state index contributed by atoms with van der Waals surface area (Å²) >= 11 is 0. The van der Waals surface area contributed by atoms with Gasteiger partial charge in [-0.1, -0.05) is 12.1 Å². The molecule has 1 atom stereocenters. The van der Waals surface area contributed by atoms with Crippen molar-refractivity contribution in [3.05, 3.63) is 29.8 Å². The SMILES string of the molecule is CN(C)c1ccc(C(N)CF)cc1. The topological polar surface area (TPSA) is 29.3 Å². The van der Waals surface area contributed by atoms with Gasteiger partial charge >= 0.3 is 0 Å². The normalized spacial score (nSPS) is 12.6. The predicted octanol–water partition coefficient (Wildman–Crippen LogP) is 1.72. The highest BCUT2D eigenvalue weighted by atomic mass is 19.1. The summed E-state index contributed by atoms with van der Waals surface area (Å²) in [7, 11) is 3.92. The van der Waals surface area contributed by atoms with Crippen molar-refractivity contribution in [2.45, 2.75) is 6.04 Å². The molecule has 0 heterocycles. The maximum absolute atomic E-state index is 12.2. The van der Waals surface area contributed by atoms with Gasteiger partial charge in [0.2, 0.25) is 0 Å². The number of nitrogens with two attached hydrogens (primary N) is 1. The zero-order valence-electron chi connectivity index (χ0n) is 8.00. The molecule has 1 aromatic carbocycles. The minimum Gasteiger partial charge on any atom is -0.378 e. The first-order valence-corrected chi connectivity index (χ1v) is 4.24. The summed E-state index contributed by atoms with van der Waals surface area (Å²) in [4.78, 5) is 1.99. The molecular weight excluding hydrogens is 167 g/mol. The van der Waals surface area contributed by atoms with E-state index in [0.29, 0.717) is 0 Å². The Morgan fingerprint density at radius 2 is 1.85 bits per heavy atom. The van der Waals surface area contributed by atoms with Gasteiger partial charge in [-0.05, 0) is 17.7 Å². The second kappa shape index (κ2) is 4.23. The molecule has 0 saturated carbocycles. The van der Waals surface area contributed by atoms with E-state index in [1.807, 2.05) is 43.3 Å². The second-order valence-electron chi connectivity index (χ2n) is 3.25. The Balaban J connectivity index is 2.81. The molecule has 0 spiro atoms. The fraction of sp³-hybridized carbons (Fsp3) is 0.400. The van der Waals surface area contributed by atoms with Crippen LogP contribution in [0.2, 0.25) is 0 Å². The largest absolute Gasteiger partial charge is 0.378 e. The van der Waals surface area contributed by atoms with Gasteiger partial charge in [0, 0.05) is 19.8 Å². The van der Waals surface area contributed by atoms with Crippen LogP contribution in [0.15, 0.2) is 24.3 Å². The van der Waals surface area contributed by atoms with Crippen LogP contribution in [-0.2, 0) is 0 Å². The summed E-state index contributed by atoms with van der Waals surface area (Å²) in [5, 5.41) is 0. The van der Waals surface area contributed by atoms with Crippen LogP contribution in [0.1, 0.15) is 11.6 Å². The summed E-state index contributed by atoms with van der Waals surface area (Å²) in [6.07, 6.45) is 0. The van der Waals surface area contributed by atoms with Crippen molar-refractivity contribution in [3.63, 3.8) is 0 Å². The van der Waals surface area contributed by atoms with E-state index >= 15 is 0 Å². The van der Waals surface area contributed by atoms with E-state index in [0.717, 1.165) is 11.3 Å². The summed E-state index contributed by atoms with van der Waals surface area (Å²) in [5.41, 5.74) is 7.47. The number of hydrogen-bond acceptors (Lipinski definition) is 2. The minimum absolute atomic E-state index is 0.490. The molecular formula is C10H15FN2.